The third-order valence-electron chi connectivity index (χ3n) is 11.5. The summed E-state index contributed by atoms with van der Waals surface area (Å²) in [4.78, 5) is 0. The number of hydrogen-bond acceptors (Lipinski definition) is 2. The van der Waals surface area contributed by atoms with Gasteiger partial charge in [0.15, 0.2) is 11.2 Å². The lowest BCUT2D eigenvalue weighted by Gasteiger charge is -2.29. The van der Waals surface area contributed by atoms with Crippen LogP contribution in [0.25, 0.3) is 22.3 Å². The van der Waals surface area contributed by atoms with Gasteiger partial charge in [-0.1, -0.05) is 183 Å². The molecule has 0 amide bonds. The van der Waals surface area contributed by atoms with E-state index in [1.807, 2.05) is 146 Å². The van der Waals surface area contributed by atoms with Crippen molar-refractivity contribution in [2.45, 2.75) is 50.7 Å². The molecule has 0 fully saturated rings. The molecule has 2 unspecified atom stereocenters. The average molecular weight is 771 g/mol. The summed E-state index contributed by atoms with van der Waals surface area (Å²) in [6.45, 7) is 4.33. The molecule has 2 nitrogen and oxygen atoms in total. The van der Waals surface area contributed by atoms with E-state index in [1.165, 1.54) is 0 Å². The van der Waals surface area contributed by atoms with Gasteiger partial charge in [-0.15, -0.1) is 0 Å². The Bertz CT molecular complexity index is 2850. The fraction of sp³-hybridized carbons (Fsp3) is 0.138. The summed E-state index contributed by atoms with van der Waals surface area (Å²) in [6.07, 6.45) is 3.06. The second-order valence-electron chi connectivity index (χ2n) is 15.3. The van der Waals surface area contributed by atoms with Gasteiger partial charge in [0, 0.05) is 55.6 Å². The van der Waals surface area contributed by atoms with Gasteiger partial charge < -0.3 is 10.2 Å². The Labute approximate surface area is 353 Å². The van der Waals surface area contributed by atoms with Crippen LogP contribution in [0.15, 0.2) is 158 Å². The molecule has 2 atom stereocenters. The number of benzene rings is 7. The molecule has 0 aliphatic heterocycles. The number of rotatable bonds is 4. The minimum absolute atomic E-state index is 0.694. The molecule has 2 aliphatic carbocycles. The molecule has 60 heavy (non-hydrogen) atoms. The summed E-state index contributed by atoms with van der Waals surface area (Å²) >= 11 is 0. The molecule has 7 aromatic rings. The normalized spacial score (nSPS) is 16.2. The summed E-state index contributed by atoms with van der Waals surface area (Å²) in [7, 11) is 0. The Morgan fingerprint density at radius 2 is 0.717 bits per heavy atom. The third-order valence-corrected chi connectivity index (χ3v) is 11.5. The Hall–Kier alpha value is -7.30. The zero-order chi connectivity index (χ0) is 41.1. The summed E-state index contributed by atoms with van der Waals surface area (Å²) in [5.41, 5.74) is 10.4. The quantitative estimate of drug-likeness (QED) is 0.175. The van der Waals surface area contributed by atoms with Crippen molar-refractivity contribution in [3.63, 3.8) is 0 Å². The SMILES string of the molecule is CCCc1c(CCC)c2c(c3c1C(O)(C#Cc1ccccc1C#Cc1ccccc1)c1ccccc1-3)-c1ccccc1C2(O)C#Cc1ccccc1C#Cc1ccccc1. The van der Waals surface area contributed by atoms with Crippen molar-refractivity contribution in [3.05, 3.63) is 224 Å². The molecular formula is C58H42O2. The van der Waals surface area contributed by atoms with Crippen molar-refractivity contribution < 1.29 is 10.2 Å². The van der Waals surface area contributed by atoms with Crippen LogP contribution in [0.4, 0.5) is 0 Å². The van der Waals surface area contributed by atoms with Gasteiger partial charge in [0.05, 0.1) is 0 Å². The van der Waals surface area contributed by atoms with Crippen LogP contribution in [0.2, 0.25) is 0 Å². The van der Waals surface area contributed by atoms with Crippen molar-refractivity contribution in [3.8, 4) is 69.6 Å². The first-order chi connectivity index (χ1) is 29.4. The van der Waals surface area contributed by atoms with E-state index >= 15 is 0 Å². The number of aliphatic hydroxyl groups is 2. The van der Waals surface area contributed by atoms with Crippen molar-refractivity contribution in [2.75, 3.05) is 0 Å². The minimum Gasteiger partial charge on any atom is -0.369 e. The second-order valence-corrected chi connectivity index (χ2v) is 15.3. The average Bonchev–Trinajstić information content (AvgIpc) is 3.71. The van der Waals surface area contributed by atoms with Crippen molar-refractivity contribution in [1.29, 1.82) is 0 Å². The molecule has 0 heterocycles. The molecule has 2 N–H and O–H groups in total. The number of hydrogen-bond donors (Lipinski definition) is 2. The van der Waals surface area contributed by atoms with Crippen LogP contribution in [-0.2, 0) is 24.0 Å². The van der Waals surface area contributed by atoms with Gasteiger partial charge in [0.2, 0.25) is 0 Å². The molecule has 0 aromatic heterocycles. The zero-order valence-electron chi connectivity index (χ0n) is 33.7. The van der Waals surface area contributed by atoms with Crippen LogP contribution in [0.5, 0.6) is 0 Å². The highest BCUT2D eigenvalue weighted by Crippen LogP contribution is 2.60. The monoisotopic (exact) mass is 770 g/mol. The lowest BCUT2D eigenvalue weighted by Crippen LogP contribution is -2.28. The molecule has 9 rings (SSSR count). The summed E-state index contributed by atoms with van der Waals surface area (Å²) in [5.74, 6) is 26.9. The summed E-state index contributed by atoms with van der Waals surface area (Å²) < 4.78 is 0. The summed E-state index contributed by atoms with van der Waals surface area (Å²) in [5, 5.41) is 26.7. The standard InChI is InChI=1S/C58H42O2/c1-3-19-47-48(20-4-2)56-54(50-30-16-18-32-52(50)58(56,60)40-38-46-28-14-12-26-44(46)36-34-42-23-9-6-10-24-42)53-49-29-15-17-31-51(49)57(59,55(47)53)39-37-45-27-13-11-25-43(45)35-33-41-21-7-5-8-22-41/h5-18,21-32,59-60H,3-4,19-20H2,1-2H3. The molecule has 0 bridgehead atoms. The second kappa shape index (κ2) is 16.2. The van der Waals surface area contributed by atoms with Crippen molar-refractivity contribution in [2.24, 2.45) is 0 Å². The Kier molecular flexibility index (Phi) is 10.3. The third kappa shape index (κ3) is 6.70. The Morgan fingerprint density at radius 3 is 1.10 bits per heavy atom. The highest BCUT2D eigenvalue weighted by Gasteiger charge is 2.51. The highest BCUT2D eigenvalue weighted by atomic mass is 16.3. The van der Waals surface area contributed by atoms with Crippen LogP contribution in [0.1, 0.15) is 93.5 Å². The predicted octanol–water partition coefficient (Wildman–Crippen LogP) is 10.9. The van der Waals surface area contributed by atoms with E-state index in [1.54, 1.807) is 0 Å². The molecule has 0 spiro atoms. The van der Waals surface area contributed by atoms with Crippen molar-refractivity contribution in [1.82, 2.24) is 0 Å². The number of fused-ring (bicyclic) bond motifs is 7. The molecule has 0 saturated carbocycles. The van der Waals surface area contributed by atoms with E-state index in [2.05, 4.69) is 73.3 Å². The summed E-state index contributed by atoms with van der Waals surface area (Å²) in [6, 6.07) is 51.7. The van der Waals surface area contributed by atoms with Gasteiger partial charge >= 0.3 is 0 Å². The van der Waals surface area contributed by atoms with Crippen LogP contribution >= 0.6 is 0 Å². The van der Waals surface area contributed by atoms with Crippen LogP contribution in [0, 0.1) is 47.4 Å². The smallest absolute Gasteiger partial charge is 0.178 e. The van der Waals surface area contributed by atoms with Gasteiger partial charge in [-0.3, -0.25) is 0 Å². The van der Waals surface area contributed by atoms with Crippen LogP contribution < -0.4 is 0 Å². The Morgan fingerprint density at radius 1 is 0.383 bits per heavy atom. The van der Waals surface area contributed by atoms with E-state index in [4.69, 9.17) is 0 Å². The van der Waals surface area contributed by atoms with E-state index in [0.29, 0.717) is 12.8 Å². The van der Waals surface area contributed by atoms with Gasteiger partial charge in [-0.05, 0) is 94.8 Å². The fourth-order valence-electron chi connectivity index (χ4n) is 8.84. The molecule has 286 valence electrons. The molecule has 2 heteroatoms. The van der Waals surface area contributed by atoms with Crippen LogP contribution in [-0.4, -0.2) is 10.2 Å². The topological polar surface area (TPSA) is 40.5 Å². The first-order valence-electron chi connectivity index (χ1n) is 20.7. The maximum atomic E-state index is 13.4. The molecule has 0 saturated heterocycles. The van der Waals surface area contributed by atoms with Gasteiger partial charge in [0.25, 0.3) is 0 Å². The lowest BCUT2D eigenvalue weighted by molar-refractivity contribution is 0.145. The first kappa shape index (κ1) is 38.2. The van der Waals surface area contributed by atoms with E-state index < -0.39 is 11.2 Å². The van der Waals surface area contributed by atoms with E-state index in [9.17, 15) is 10.2 Å². The maximum absolute atomic E-state index is 13.4. The fourth-order valence-corrected chi connectivity index (χ4v) is 8.84. The molecule has 2 aliphatic rings. The van der Waals surface area contributed by atoms with Gasteiger partial charge in [0.1, 0.15) is 0 Å². The predicted molar refractivity (Wildman–Crippen MR) is 243 cm³/mol. The first-order valence-corrected chi connectivity index (χ1v) is 20.7. The Balaban J connectivity index is 1.27. The van der Waals surface area contributed by atoms with E-state index in [-0.39, 0.29) is 0 Å². The van der Waals surface area contributed by atoms with Gasteiger partial charge in [-0.2, -0.15) is 0 Å². The molecular weight excluding hydrogens is 729 g/mol. The highest BCUT2D eigenvalue weighted by molar-refractivity contribution is 6.01. The van der Waals surface area contributed by atoms with Crippen LogP contribution in [0.3, 0.4) is 0 Å². The zero-order valence-corrected chi connectivity index (χ0v) is 33.7. The largest absolute Gasteiger partial charge is 0.369 e. The van der Waals surface area contributed by atoms with Gasteiger partial charge in [-0.25, -0.2) is 0 Å². The molecule has 0 radical (unpaired) electrons. The lowest BCUT2D eigenvalue weighted by atomic mass is 9.77. The molecule has 7 aromatic carbocycles. The van der Waals surface area contributed by atoms with E-state index in [0.717, 1.165) is 102 Å². The minimum atomic E-state index is -1.63. The maximum Gasteiger partial charge on any atom is 0.178 e. The van der Waals surface area contributed by atoms with Crippen molar-refractivity contribution >= 4 is 0 Å².